The predicted octanol–water partition coefficient (Wildman–Crippen LogP) is 2.13. The van der Waals surface area contributed by atoms with Gasteiger partial charge in [-0.15, -0.1) is 0 Å². The maximum atomic E-state index is 13.2. The van der Waals surface area contributed by atoms with Crippen molar-refractivity contribution in [2.24, 2.45) is 5.92 Å². The Morgan fingerprint density at radius 2 is 2.23 bits per heavy atom. The summed E-state index contributed by atoms with van der Waals surface area (Å²) in [6.07, 6.45) is 1.61. The molecule has 1 aliphatic heterocycles. The van der Waals surface area contributed by atoms with E-state index in [4.69, 9.17) is 0 Å². The van der Waals surface area contributed by atoms with Gasteiger partial charge in [0.25, 0.3) is 0 Å². The third-order valence-electron chi connectivity index (χ3n) is 3.86. The second kappa shape index (κ2) is 7.38. The van der Waals surface area contributed by atoms with E-state index in [2.05, 4.69) is 5.32 Å². The molecule has 1 aromatic carbocycles. The molecule has 1 aromatic rings. The summed E-state index contributed by atoms with van der Waals surface area (Å²) < 4.78 is 13.2. The predicted molar refractivity (Wildman–Crippen MR) is 82.7 cm³/mol. The van der Waals surface area contributed by atoms with E-state index in [0.29, 0.717) is 32.4 Å². The van der Waals surface area contributed by atoms with Crippen molar-refractivity contribution in [3.63, 3.8) is 0 Å². The van der Waals surface area contributed by atoms with Gasteiger partial charge in [0.2, 0.25) is 11.8 Å². The topological polar surface area (TPSA) is 49.4 Å². The van der Waals surface area contributed by atoms with E-state index in [9.17, 15) is 14.0 Å². The highest BCUT2D eigenvalue weighted by Gasteiger charge is 2.30. The first-order valence-electron chi connectivity index (χ1n) is 7.78. The van der Waals surface area contributed by atoms with Gasteiger partial charge in [-0.2, -0.15) is 0 Å². The molecule has 2 amide bonds. The van der Waals surface area contributed by atoms with Crippen molar-refractivity contribution in [1.29, 1.82) is 0 Å². The largest absolute Gasteiger partial charge is 0.354 e. The molecule has 0 spiro atoms. The molecule has 120 valence electrons. The molecular formula is C17H23FN2O2. The Hall–Kier alpha value is -1.91. The second-order valence-electron chi connectivity index (χ2n) is 6.12. The number of likely N-dealkylation sites (tertiary alicyclic amines) is 1. The molecule has 0 aromatic heterocycles. The van der Waals surface area contributed by atoms with Gasteiger partial charge in [-0.1, -0.05) is 12.1 Å². The van der Waals surface area contributed by atoms with Crippen molar-refractivity contribution < 1.29 is 14.0 Å². The molecule has 1 saturated heterocycles. The summed E-state index contributed by atoms with van der Waals surface area (Å²) in [4.78, 5) is 25.8. The number of hydrogen-bond donors (Lipinski definition) is 1. The van der Waals surface area contributed by atoms with Crippen LogP contribution in [0.25, 0.3) is 0 Å². The van der Waals surface area contributed by atoms with E-state index >= 15 is 0 Å². The van der Waals surface area contributed by atoms with Crippen LogP contribution in [0.15, 0.2) is 24.3 Å². The second-order valence-corrected chi connectivity index (χ2v) is 6.12. The van der Waals surface area contributed by atoms with Crippen LogP contribution in [0.3, 0.4) is 0 Å². The lowest BCUT2D eigenvalue weighted by Gasteiger charge is -2.32. The summed E-state index contributed by atoms with van der Waals surface area (Å²) in [5, 5.41) is 2.90. The van der Waals surface area contributed by atoms with Crippen LogP contribution in [0.1, 0.15) is 32.3 Å². The van der Waals surface area contributed by atoms with Crippen molar-refractivity contribution in [2.75, 3.05) is 13.1 Å². The van der Waals surface area contributed by atoms with Gasteiger partial charge in [0.05, 0.1) is 5.92 Å². The number of amides is 2. The maximum absolute atomic E-state index is 13.2. The molecule has 2 rings (SSSR count). The molecule has 1 unspecified atom stereocenters. The minimum absolute atomic E-state index is 0.0123. The van der Waals surface area contributed by atoms with Gasteiger partial charge >= 0.3 is 0 Å². The van der Waals surface area contributed by atoms with Gasteiger partial charge in [-0.25, -0.2) is 4.39 Å². The Labute approximate surface area is 130 Å². The number of benzene rings is 1. The summed E-state index contributed by atoms with van der Waals surface area (Å²) in [5.41, 5.74) is 0.863. The Kier molecular flexibility index (Phi) is 5.52. The number of carbonyl (C=O) groups is 2. The molecule has 1 fully saturated rings. The average Bonchev–Trinajstić information content (AvgIpc) is 2.45. The van der Waals surface area contributed by atoms with Crippen molar-refractivity contribution in [1.82, 2.24) is 10.2 Å². The number of halogens is 1. The highest BCUT2D eigenvalue weighted by molar-refractivity contribution is 5.83. The van der Waals surface area contributed by atoms with E-state index in [-0.39, 0.29) is 29.6 Å². The quantitative estimate of drug-likeness (QED) is 0.906. The smallest absolute Gasteiger partial charge is 0.225 e. The molecule has 0 aliphatic carbocycles. The summed E-state index contributed by atoms with van der Waals surface area (Å²) in [6.45, 7) is 4.82. The summed E-state index contributed by atoms with van der Waals surface area (Å²) in [5.74, 6) is -0.326. The van der Waals surface area contributed by atoms with Gasteiger partial charge < -0.3 is 10.2 Å². The summed E-state index contributed by atoms with van der Waals surface area (Å²) >= 11 is 0. The molecule has 0 saturated carbocycles. The minimum atomic E-state index is -0.267. The van der Waals surface area contributed by atoms with Gasteiger partial charge in [-0.05, 0) is 44.4 Å². The Morgan fingerprint density at radius 1 is 1.45 bits per heavy atom. The lowest BCUT2D eigenvalue weighted by molar-refractivity contribution is -0.138. The molecule has 22 heavy (non-hydrogen) atoms. The van der Waals surface area contributed by atoms with Crippen LogP contribution in [0, 0.1) is 11.7 Å². The molecule has 0 radical (unpaired) electrons. The van der Waals surface area contributed by atoms with E-state index in [1.807, 2.05) is 19.9 Å². The molecule has 0 bridgehead atoms. The average molecular weight is 306 g/mol. The van der Waals surface area contributed by atoms with E-state index in [1.54, 1.807) is 11.0 Å². The Balaban J connectivity index is 1.91. The minimum Gasteiger partial charge on any atom is -0.354 e. The van der Waals surface area contributed by atoms with Crippen molar-refractivity contribution in [2.45, 2.75) is 39.2 Å². The summed E-state index contributed by atoms with van der Waals surface area (Å²) in [7, 11) is 0. The van der Waals surface area contributed by atoms with Crippen molar-refractivity contribution in [3.8, 4) is 0 Å². The maximum Gasteiger partial charge on any atom is 0.225 e. The fourth-order valence-electron chi connectivity index (χ4n) is 2.70. The number of carbonyl (C=O) groups excluding carboxylic acids is 2. The lowest BCUT2D eigenvalue weighted by atomic mass is 9.96. The molecule has 1 heterocycles. The lowest BCUT2D eigenvalue weighted by Crippen LogP contribution is -2.47. The first-order valence-corrected chi connectivity index (χ1v) is 7.78. The van der Waals surface area contributed by atoms with E-state index in [0.717, 1.165) is 5.56 Å². The zero-order valence-electron chi connectivity index (χ0n) is 13.1. The van der Waals surface area contributed by atoms with Crippen LogP contribution in [-0.4, -0.2) is 35.8 Å². The molecule has 1 atom stereocenters. The third-order valence-corrected chi connectivity index (χ3v) is 3.86. The Morgan fingerprint density at radius 3 is 2.91 bits per heavy atom. The van der Waals surface area contributed by atoms with E-state index in [1.165, 1.54) is 12.1 Å². The fraction of sp³-hybridized carbons (Fsp3) is 0.529. The van der Waals surface area contributed by atoms with Crippen LogP contribution in [0.5, 0.6) is 0 Å². The van der Waals surface area contributed by atoms with Gasteiger partial charge in [0.15, 0.2) is 0 Å². The zero-order valence-corrected chi connectivity index (χ0v) is 13.1. The molecule has 4 nitrogen and oxygen atoms in total. The van der Waals surface area contributed by atoms with Crippen LogP contribution in [0.4, 0.5) is 4.39 Å². The number of rotatable bonds is 5. The third kappa shape index (κ3) is 4.55. The first kappa shape index (κ1) is 16.5. The summed E-state index contributed by atoms with van der Waals surface area (Å²) in [6, 6.07) is 6.51. The highest BCUT2D eigenvalue weighted by atomic mass is 19.1. The number of nitrogens with zero attached hydrogens (tertiary/aromatic N) is 1. The monoisotopic (exact) mass is 306 g/mol. The number of piperidine rings is 1. The molecular weight excluding hydrogens is 283 g/mol. The van der Waals surface area contributed by atoms with Crippen molar-refractivity contribution in [3.05, 3.63) is 35.6 Å². The first-order chi connectivity index (χ1) is 10.5. The highest BCUT2D eigenvalue weighted by Crippen LogP contribution is 2.18. The standard InChI is InChI=1S/C17H23FN2O2/c1-12(2)19-17(22)14-6-7-16(21)20(11-14)9-8-13-4-3-5-15(18)10-13/h3-5,10,12,14H,6-9,11H2,1-2H3,(H,19,22). The number of nitrogens with one attached hydrogen (secondary N) is 1. The van der Waals surface area contributed by atoms with Crippen LogP contribution in [-0.2, 0) is 16.0 Å². The Bertz CT molecular complexity index is 545. The van der Waals surface area contributed by atoms with Crippen molar-refractivity contribution >= 4 is 11.8 Å². The fourth-order valence-corrected chi connectivity index (χ4v) is 2.70. The van der Waals surface area contributed by atoms with Crippen LogP contribution >= 0.6 is 0 Å². The molecule has 5 heteroatoms. The van der Waals surface area contributed by atoms with Gasteiger partial charge in [0, 0.05) is 25.6 Å². The molecule has 1 aliphatic rings. The van der Waals surface area contributed by atoms with Crippen LogP contribution in [0.2, 0.25) is 0 Å². The van der Waals surface area contributed by atoms with E-state index < -0.39 is 0 Å². The zero-order chi connectivity index (χ0) is 16.1. The molecule has 1 N–H and O–H groups in total. The normalized spacial score (nSPS) is 18.6. The van der Waals surface area contributed by atoms with Crippen LogP contribution < -0.4 is 5.32 Å². The number of hydrogen-bond acceptors (Lipinski definition) is 2. The SMILES string of the molecule is CC(C)NC(=O)C1CCC(=O)N(CCc2cccc(F)c2)C1. The van der Waals surface area contributed by atoms with Gasteiger partial charge in [0.1, 0.15) is 5.82 Å². The van der Waals surface area contributed by atoms with Gasteiger partial charge in [-0.3, -0.25) is 9.59 Å².